The summed E-state index contributed by atoms with van der Waals surface area (Å²) in [7, 11) is 1.44. The van der Waals surface area contributed by atoms with Crippen LogP contribution in [0.1, 0.15) is 64.7 Å². The van der Waals surface area contributed by atoms with Crippen molar-refractivity contribution in [1.82, 2.24) is 0 Å². The Bertz CT molecular complexity index is 358. The maximum absolute atomic E-state index is 10.9. The zero-order chi connectivity index (χ0) is 17.2. The molecule has 0 aromatic carbocycles. The van der Waals surface area contributed by atoms with Crippen molar-refractivity contribution in [3.63, 3.8) is 0 Å². The molecule has 0 aromatic heterocycles. The normalized spacial score (nSPS) is 13.3. The van der Waals surface area contributed by atoms with E-state index in [2.05, 4.69) is 27.9 Å². The quantitative estimate of drug-likeness (QED) is 0.156. The number of hydrogen-bond acceptors (Lipinski definition) is 4. The first kappa shape index (κ1) is 21.6. The zero-order valence-electron chi connectivity index (χ0n) is 14.6. The van der Waals surface area contributed by atoms with Gasteiger partial charge in [0.1, 0.15) is 6.10 Å². The molecule has 4 nitrogen and oxygen atoms in total. The van der Waals surface area contributed by atoms with E-state index in [0.29, 0.717) is 12.8 Å². The molecule has 0 saturated heterocycles. The molecule has 1 N–H and O–H groups in total. The predicted octanol–water partition coefficient (Wildman–Crippen LogP) is 5.22. The lowest BCUT2D eigenvalue weighted by atomic mass is 10.1. The standard InChI is InChI=1S/C19H32O4/c1-3-15-18(23-21)16-13-11-9-7-5-4-6-8-10-12-14-17-19(20)22-2/h3,5,7,11,13,15,18,21H,4,6,8-10,12,14,16-17H2,1-2H3/b7-5-,13-11-,15-3+. The van der Waals surface area contributed by atoms with Crippen LogP contribution in [0.25, 0.3) is 0 Å². The molecule has 0 saturated carbocycles. The third-order valence-electron chi connectivity index (χ3n) is 3.50. The maximum Gasteiger partial charge on any atom is 0.305 e. The van der Waals surface area contributed by atoms with Crippen LogP contribution in [-0.4, -0.2) is 24.4 Å². The second-order valence-electron chi connectivity index (χ2n) is 5.47. The number of hydrogen-bond donors (Lipinski definition) is 1. The molecule has 132 valence electrons. The van der Waals surface area contributed by atoms with Crippen LogP contribution >= 0.6 is 0 Å². The number of rotatable bonds is 14. The van der Waals surface area contributed by atoms with E-state index in [9.17, 15) is 4.79 Å². The number of allylic oxidation sites excluding steroid dienone is 4. The van der Waals surface area contributed by atoms with Gasteiger partial charge in [0, 0.05) is 6.42 Å². The SMILES string of the molecule is C/C=C/C(C/C=C\C/C=C\CCCCCCCC(=O)OC)OO. The molecule has 0 spiro atoms. The molecule has 0 fully saturated rings. The lowest BCUT2D eigenvalue weighted by Gasteiger charge is -2.03. The summed E-state index contributed by atoms with van der Waals surface area (Å²) in [6.07, 6.45) is 20.8. The average Bonchev–Trinajstić information content (AvgIpc) is 2.57. The number of esters is 1. The van der Waals surface area contributed by atoms with E-state index in [1.807, 2.05) is 25.2 Å². The minimum absolute atomic E-state index is 0.108. The summed E-state index contributed by atoms with van der Waals surface area (Å²) in [6.45, 7) is 1.90. The Morgan fingerprint density at radius 1 is 1.04 bits per heavy atom. The molecule has 1 unspecified atom stereocenters. The van der Waals surface area contributed by atoms with Crippen molar-refractivity contribution in [2.24, 2.45) is 0 Å². The molecule has 1 atom stereocenters. The van der Waals surface area contributed by atoms with Gasteiger partial charge in [0.2, 0.25) is 0 Å². The predicted molar refractivity (Wildman–Crippen MR) is 94.2 cm³/mol. The Kier molecular flexibility index (Phi) is 15.9. The summed E-state index contributed by atoms with van der Waals surface area (Å²) >= 11 is 0. The van der Waals surface area contributed by atoms with Crippen molar-refractivity contribution in [2.75, 3.05) is 7.11 Å². The van der Waals surface area contributed by atoms with Gasteiger partial charge in [-0.05, 0) is 39.0 Å². The van der Waals surface area contributed by atoms with E-state index in [-0.39, 0.29) is 12.1 Å². The largest absolute Gasteiger partial charge is 0.469 e. The second-order valence-corrected chi connectivity index (χ2v) is 5.47. The van der Waals surface area contributed by atoms with Crippen molar-refractivity contribution in [1.29, 1.82) is 0 Å². The highest BCUT2D eigenvalue weighted by atomic mass is 17.1. The molecular formula is C19H32O4. The first-order valence-electron chi connectivity index (χ1n) is 8.54. The fourth-order valence-corrected chi connectivity index (χ4v) is 2.15. The third kappa shape index (κ3) is 15.3. The average molecular weight is 324 g/mol. The summed E-state index contributed by atoms with van der Waals surface area (Å²) in [4.78, 5) is 15.2. The summed E-state index contributed by atoms with van der Waals surface area (Å²) < 4.78 is 4.61. The van der Waals surface area contributed by atoms with Crippen molar-refractivity contribution in [3.05, 3.63) is 36.5 Å². The van der Waals surface area contributed by atoms with Gasteiger partial charge in [-0.3, -0.25) is 10.1 Å². The van der Waals surface area contributed by atoms with E-state index >= 15 is 0 Å². The monoisotopic (exact) mass is 324 g/mol. The van der Waals surface area contributed by atoms with Gasteiger partial charge in [-0.25, -0.2) is 4.89 Å². The molecule has 0 bridgehead atoms. The van der Waals surface area contributed by atoms with Gasteiger partial charge in [-0.1, -0.05) is 55.7 Å². The molecule has 0 rings (SSSR count). The van der Waals surface area contributed by atoms with Crippen LogP contribution in [0.5, 0.6) is 0 Å². The zero-order valence-corrected chi connectivity index (χ0v) is 14.6. The minimum Gasteiger partial charge on any atom is -0.469 e. The highest BCUT2D eigenvalue weighted by Gasteiger charge is 1.99. The number of ether oxygens (including phenoxy) is 1. The Labute approximate surface area is 140 Å². The van der Waals surface area contributed by atoms with Gasteiger partial charge in [0.05, 0.1) is 7.11 Å². The Morgan fingerprint density at radius 3 is 2.43 bits per heavy atom. The van der Waals surface area contributed by atoms with Gasteiger partial charge in [0.15, 0.2) is 0 Å². The lowest BCUT2D eigenvalue weighted by Crippen LogP contribution is -2.04. The van der Waals surface area contributed by atoms with Crippen LogP contribution < -0.4 is 0 Å². The van der Waals surface area contributed by atoms with E-state index in [0.717, 1.165) is 25.7 Å². The summed E-state index contributed by atoms with van der Waals surface area (Å²) in [6, 6.07) is 0. The van der Waals surface area contributed by atoms with E-state index in [1.165, 1.54) is 26.4 Å². The fourth-order valence-electron chi connectivity index (χ4n) is 2.15. The molecule has 0 aliphatic heterocycles. The molecule has 0 heterocycles. The number of unbranched alkanes of at least 4 members (excludes halogenated alkanes) is 5. The molecule has 23 heavy (non-hydrogen) atoms. The van der Waals surface area contributed by atoms with Gasteiger partial charge in [0.25, 0.3) is 0 Å². The molecule has 0 amide bonds. The molecule has 0 radical (unpaired) electrons. The summed E-state index contributed by atoms with van der Waals surface area (Å²) in [5.74, 6) is -0.108. The second kappa shape index (κ2) is 17.0. The minimum atomic E-state index is -0.251. The van der Waals surface area contributed by atoms with Gasteiger partial charge in [-0.15, -0.1) is 0 Å². The van der Waals surface area contributed by atoms with E-state index in [1.54, 1.807) is 0 Å². The van der Waals surface area contributed by atoms with Crippen LogP contribution in [-0.2, 0) is 14.4 Å². The summed E-state index contributed by atoms with van der Waals surface area (Å²) in [5.41, 5.74) is 0. The van der Waals surface area contributed by atoms with Gasteiger partial charge < -0.3 is 4.74 Å². The van der Waals surface area contributed by atoms with Crippen molar-refractivity contribution in [2.45, 2.75) is 70.8 Å². The lowest BCUT2D eigenvalue weighted by molar-refractivity contribution is -0.264. The molecule has 4 heteroatoms. The van der Waals surface area contributed by atoms with Gasteiger partial charge >= 0.3 is 5.97 Å². The highest BCUT2D eigenvalue weighted by molar-refractivity contribution is 5.68. The maximum atomic E-state index is 10.9. The van der Waals surface area contributed by atoms with Crippen LogP contribution in [0.2, 0.25) is 0 Å². The topological polar surface area (TPSA) is 55.8 Å². The van der Waals surface area contributed by atoms with Crippen LogP contribution in [0, 0.1) is 0 Å². The Balaban J connectivity index is 3.42. The fraction of sp³-hybridized carbons (Fsp3) is 0.632. The molecule has 0 aliphatic carbocycles. The molecular weight excluding hydrogens is 292 g/mol. The summed E-state index contributed by atoms with van der Waals surface area (Å²) in [5, 5.41) is 8.65. The van der Waals surface area contributed by atoms with E-state index < -0.39 is 0 Å². The van der Waals surface area contributed by atoms with E-state index in [4.69, 9.17) is 5.26 Å². The smallest absolute Gasteiger partial charge is 0.305 e. The van der Waals surface area contributed by atoms with Crippen LogP contribution in [0.3, 0.4) is 0 Å². The molecule has 0 aliphatic rings. The highest BCUT2D eigenvalue weighted by Crippen LogP contribution is 2.08. The molecule has 0 aromatic rings. The van der Waals surface area contributed by atoms with Crippen molar-refractivity contribution >= 4 is 5.97 Å². The number of methoxy groups -OCH3 is 1. The third-order valence-corrected chi connectivity index (χ3v) is 3.50. The first-order chi connectivity index (χ1) is 11.2. The van der Waals surface area contributed by atoms with Crippen LogP contribution in [0.4, 0.5) is 0 Å². The van der Waals surface area contributed by atoms with Gasteiger partial charge in [-0.2, -0.15) is 0 Å². The number of carbonyl (C=O) groups is 1. The van der Waals surface area contributed by atoms with Crippen molar-refractivity contribution in [3.8, 4) is 0 Å². The Hall–Kier alpha value is -1.39. The van der Waals surface area contributed by atoms with Crippen molar-refractivity contribution < 1.29 is 19.7 Å². The Morgan fingerprint density at radius 2 is 1.74 bits per heavy atom. The first-order valence-corrected chi connectivity index (χ1v) is 8.54. The number of carbonyl (C=O) groups excluding carboxylic acids is 1. The van der Waals surface area contributed by atoms with Crippen LogP contribution in [0.15, 0.2) is 36.5 Å².